The van der Waals surface area contributed by atoms with Gasteiger partial charge in [0.25, 0.3) is 0 Å². The van der Waals surface area contributed by atoms with Gasteiger partial charge < -0.3 is 15.5 Å². The summed E-state index contributed by atoms with van der Waals surface area (Å²) in [7, 11) is 3.88. The highest BCUT2D eigenvalue weighted by molar-refractivity contribution is 5.59. The Hall–Kier alpha value is -1.43. The number of nitrogens with zero attached hydrogens (tertiary/aromatic N) is 2. The smallest absolute Gasteiger partial charge is 0.398 e. The third-order valence-corrected chi connectivity index (χ3v) is 3.11. The van der Waals surface area contributed by atoms with Crippen LogP contribution in [-0.2, 0) is 6.18 Å². The molecule has 0 heterocycles. The van der Waals surface area contributed by atoms with Crippen molar-refractivity contribution < 1.29 is 13.2 Å². The van der Waals surface area contributed by atoms with Crippen LogP contribution >= 0.6 is 0 Å². The highest BCUT2D eigenvalue weighted by Crippen LogP contribution is 2.36. The normalized spacial score (nSPS) is 12.2. The molecule has 0 unspecified atom stereocenters. The second-order valence-electron chi connectivity index (χ2n) is 5.91. The van der Waals surface area contributed by atoms with Crippen molar-refractivity contribution in [3.8, 4) is 0 Å². The van der Waals surface area contributed by atoms with Gasteiger partial charge in [0.05, 0.1) is 5.56 Å². The van der Waals surface area contributed by atoms with Crippen LogP contribution in [0.1, 0.15) is 19.4 Å². The third kappa shape index (κ3) is 5.46. The first kappa shape index (κ1) is 17.6. The van der Waals surface area contributed by atoms with Gasteiger partial charge in [-0.1, -0.05) is 13.8 Å². The number of benzene rings is 1. The predicted molar refractivity (Wildman–Crippen MR) is 81.5 cm³/mol. The van der Waals surface area contributed by atoms with Gasteiger partial charge in [-0.2, -0.15) is 13.2 Å². The fraction of sp³-hybridized carbons (Fsp3) is 0.600. The molecule has 6 heteroatoms. The number of hydrogen-bond donors (Lipinski definition) is 1. The minimum absolute atomic E-state index is 0.233. The Labute approximate surface area is 124 Å². The van der Waals surface area contributed by atoms with Crippen molar-refractivity contribution in [3.05, 3.63) is 23.8 Å². The summed E-state index contributed by atoms with van der Waals surface area (Å²) in [5.74, 6) is 0.360. The number of halogens is 3. The number of nitrogen functional groups attached to an aromatic ring is 1. The number of likely N-dealkylation sites (N-methyl/N-ethyl adjacent to an activating group) is 1. The lowest BCUT2D eigenvalue weighted by molar-refractivity contribution is -0.136. The molecule has 0 atom stereocenters. The highest BCUT2D eigenvalue weighted by atomic mass is 19.4. The van der Waals surface area contributed by atoms with E-state index in [-0.39, 0.29) is 5.69 Å². The molecule has 0 aliphatic carbocycles. The Morgan fingerprint density at radius 3 is 2.24 bits per heavy atom. The van der Waals surface area contributed by atoms with E-state index in [2.05, 4.69) is 0 Å². The first-order chi connectivity index (χ1) is 9.61. The van der Waals surface area contributed by atoms with Gasteiger partial charge >= 0.3 is 6.18 Å². The minimum atomic E-state index is -4.43. The maximum absolute atomic E-state index is 13.0. The number of alkyl halides is 3. The van der Waals surface area contributed by atoms with Crippen molar-refractivity contribution >= 4 is 11.4 Å². The summed E-state index contributed by atoms with van der Waals surface area (Å²) in [6.07, 6.45) is -4.43. The molecule has 0 saturated carbocycles. The van der Waals surface area contributed by atoms with E-state index < -0.39 is 11.7 Å². The minimum Gasteiger partial charge on any atom is -0.398 e. The molecule has 0 fully saturated rings. The van der Waals surface area contributed by atoms with Crippen LogP contribution in [0.15, 0.2) is 18.2 Å². The first-order valence-electron chi connectivity index (χ1n) is 6.97. The van der Waals surface area contributed by atoms with Crippen molar-refractivity contribution in [2.24, 2.45) is 5.92 Å². The van der Waals surface area contributed by atoms with Crippen molar-refractivity contribution in [2.75, 3.05) is 44.4 Å². The van der Waals surface area contributed by atoms with E-state index in [1.54, 1.807) is 6.07 Å². The lowest BCUT2D eigenvalue weighted by Gasteiger charge is -2.29. The molecular weight excluding hydrogens is 279 g/mol. The molecule has 21 heavy (non-hydrogen) atoms. The van der Waals surface area contributed by atoms with Crippen LogP contribution in [-0.4, -0.2) is 38.6 Å². The Morgan fingerprint density at radius 2 is 1.76 bits per heavy atom. The largest absolute Gasteiger partial charge is 0.418 e. The molecule has 0 aliphatic rings. The van der Waals surface area contributed by atoms with Crippen molar-refractivity contribution in [1.29, 1.82) is 0 Å². The maximum atomic E-state index is 13.0. The summed E-state index contributed by atoms with van der Waals surface area (Å²) in [6, 6.07) is 4.14. The number of nitrogens with two attached hydrogens (primary N) is 1. The Balaban J connectivity index is 3.06. The summed E-state index contributed by atoms with van der Waals surface area (Å²) < 4.78 is 38.9. The van der Waals surface area contributed by atoms with Crippen LogP contribution in [0.5, 0.6) is 0 Å². The van der Waals surface area contributed by atoms with E-state index in [0.29, 0.717) is 24.7 Å². The molecule has 1 rings (SSSR count). The second-order valence-corrected chi connectivity index (χ2v) is 5.91. The Morgan fingerprint density at radius 1 is 1.14 bits per heavy atom. The van der Waals surface area contributed by atoms with Crippen molar-refractivity contribution in [1.82, 2.24) is 4.90 Å². The van der Waals surface area contributed by atoms with Gasteiger partial charge in [0.2, 0.25) is 0 Å². The third-order valence-electron chi connectivity index (χ3n) is 3.11. The molecule has 1 aromatic carbocycles. The van der Waals surface area contributed by atoms with Gasteiger partial charge in [-0.15, -0.1) is 0 Å². The number of rotatable bonds is 6. The molecule has 0 radical (unpaired) electrons. The molecule has 1 aromatic rings. The van der Waals surface area contributed by atoms with E-state index in [1.807, 2.05) is 37.7 Å². The Bertz CT molecular complexity index is 456. The molecule has 0 saturated heterocycles. The van der Waals surface area contributed by atoms with Gasteiger partial charge in [0, 0.05) is 31.0 Å². The first-order valence-corrected chi connectivity index (χ1v) is 6.97. The molecule has 0 aromatic heterocycles. The molecule has 0 amide bonds. The molecule has 0 aliphatic heterocycles. The summed E-state index contributed by atoms with van der Waals surface area (Å²) >= 11 is 0. The zero-order valence-electron chi connectivity index (χ0n) is 13.0. The van der Waals surface area contributed by atoms with Crippen LogP contribution < -0.4 is 10.6 Å². The van der Waals surface area contributed by atoms with Gasteiger partial charge in [-0.3, -0.25) is 0 Å². The molecule has 0 bridgehead atoms. The van der Waals surface area contributed by atoms with Crippen LogP contribution in [0.2, 0.25) is 0 Å². The van der Waals surface area contributed by atoms with Crippen LogP contribution in [0.25, 0.3) is 0 Å². The van der Waals surface area contributed by atoms with Gasteiger partial charge in [-0.25, -0.2) is 0 Å². The summed E-state index contributed by atoms with van der Waals surface area (Å²) in [5, 5.41) is 0. The van der Waals surface area contributed by atoms with Crippen LogP contribution in [0, 0.1) is 5.92 Å². The molecule has 2 N–H and O–H groups in total. The van der Waals surface area contributed by atoms with Crippen LogP contribution in [0.3, 0.4) is 0 Å². The molecule has 120 valence electrons. The van der Waals surface area contributed by atoms with Crippen LogP contribution in [0.4, 0.5) is 24.5 Å². The van der Waals surface area contributed by atoms with Crippen molar-refractivity contribution in [2.45, 2.75) is 20.0 Å². The monoisotopic (exact) mass is 303 g/mol. The summed E-state index contributed by atoms with van der Waals surface area (Å²) in [4.78, 5) is 3.98. The van der Waals surface area contributed by atoms with E-state index >= 15 is 0 Å². The molecular formula is C15H24F3N3. The highest BCUT2D eigenvalue weighted by Gasteiger charge is 2.33. The lowest BCUT2D eigenvalue weighted by atomic mass is 10.1. The maximum Gasteiger partial charge on any atom is 0.418 e. The van der Waals surface area contributed by atoms with E-state index in [1.165, 1.54) is 6.07 Å². The quantitative estimate of drug-likeness (QED) is 0.818. The fourth-order valence-corrected chi connectivity index (χ4v) is 2.07. The topological polar surface area (TPSA) is 32.5 Å². The summed E-state index contributed by atoms with van der Waals surface area (Å²) in [5.41, 5.74) is 5.02. The van der Waals surface area contributed by atoms with E-state index in [0.717, 1.165) is 12.6 Å². The summed E-state index contributed by atoms with van der Waals surface area (Å²) in [6.45, 7) is 6.25. The molecule has 0 spiro atoms. The standard InChI is InChI=1S/C15H24F3N3/c1-11(2)10-21(8-7-20(3)4)12-5-6-14(19)13(9-12)15(16,17)18/h5-6,9,11H,7-8,10,19H2,1-4H3. The number of hydrogen-bond acceptors (Lipinski definition) is 3. The van der Waals surface area contributed by atoms with Gasteiger partial charge in [0.15, 0.2) is 0 Å². The van der Waals surface area contributed by atoms with E-state index in [9.17, 15) is 13.2 Å². The molecule has 3 nitrogen and oxygen atoms in total. The van der Waals surface area contributed by atoms with Gasteiger partial charge in [0.1, 0.15) is 0 Å². The Kier molecular flexibility index (Phi) is 5.89. The lowest BCUT2D eigenvalue weighted by Crippen LogP contribution is -2.34. The van der Waals surface area contributed by atoms with Gasteiger partial charge in [-0.05, 0) is 38.2 Å². The average molecular weight is 303 g/mol. The average Bonchev–Trinajstić information content (AvgIpc) is 2.33. The zero-order chi connectivity index (χ0) is 16.2. The second kappa shape index (κ2) is 7.02. The number of anilines is 2. The zero-order valence-corrected chi connectivity index (χ0v) is 13.0. The van der Waals surface area contributed by atoms with Crippen molar-refractivity contribution in [3.63, 3.8) is 0 Å². The SMILES string of the molecule is CC(C)CN(CCN(C)C)c1ccc(N)c(C(F)(F)F)c1. The predicted octanol–water partition coefficient (Wildman–Crippen LogP) is 3.31. The fourth-order valence-electron chi connectivity index (χ4n) is 2.07. The van der Waals surface area contributed by atoms with E-state index in [4.69, 9.17) is 5.73 Å².